The molecule has 3 aromatic rings. The van der Waals surface area contributed by atoms with E-state index in [0.717, 1.165) is 11.1 Å². The van der Waals surface area contributed by atoms with Gasteiger partial charge in [0.2, 0.25) is 0 Å². The molecule has 0 aromatic heterocycles. The minimum atomic E-state index is -3.75. The topological polar surface area (TPSA) is 84.5 Å². The van der Waals surface area contributed by atoms with Gasteiger partial charge >= 0.3 is 0 Å². The average Bonchev–Trinajstić information content (AvgIpc) is 2.71. The first-order chi connectivity index (χ1) is 14.2. The number of carbonyl (C=O) groups excluding carboxylic acids is 1. The van der Waals surface area contributed by atoms with E-state index in [0.29, 0.717) is 22.1 Å². The second-order valence-electron chi connectivity index (χ2n) is 6.72. The van der Waals surface area contributed by atoms with Crippen LogP contribution in [0.15, 0.2) is 71.6 Å². The number of nitrogens with one attached hydrogen (secondary N) is 2. The van der Waals surface area contributed by atoms with Gasteiger partial charge in [-0.2, -0.15) is 0 Å². The third-order valence-corrected chi connectivity index (χ3v) is 6.04. The van der Waals surface area contributed by atoms with Crippen molar-refractivity contribution in [1.29, 1.82) is 0 Å². The number of amides is 1. The zero-order valence-corrected chi connectivity index (χ0v) is 18.0. The lowest BCUT2D eigenvalue weighted by molar-refractivity contribution is -0.118. The Morgan fingerprint density at radius 2 is 1.53 bits per heavy atom. The summed E-state index contributed by atoms with van der Waals surface area (Å²) in [5.74, 6) is 0.0787. The molecule has 0 aliphatic heterocycles. The van der Waals surface area contributed by atoms with Crippen molar-refractivity contribution in [2.24, 2.45) is 0 Å². The highest BCUT2D eigenvalue weighted by Gasteiger charge is 2.14. The minimum Gasteiger partial charge on any atom is -0.484 e. The van der Waals surface area contributed by atoms with Gasteiger partial charge in [-0.25, -0.2) is 8.42 Å². The Morgan fingerprint density at radius 3 is 2.17 bits per heavy atom. The third kappa shape index (κ3) is 5.75. The predicted octanol–water partition coefficient (Wildman–Crippen LogP) is 4.78. The van der Waals surface area contributed by atoms with Gasteiger partial charge in [-0.3, -0.25) is 9.52 Å². The van der Waals surface area contributed by atoms with Crippen LogP contribution in [0.1, 0.15) is 11.1 Å². The van der Waals surface area contributed by atoms with Crippen molar-refractivity contribution in [1.82, 2.24) is 0 Å². The first kappa shape index (κ1) is 21.7. The van der Waals surface area contributed by atoms with Crippen molar-refractivity contribution in [3.05, 3.63) is 82.9 Å². The molecule has 0 aliphatic rings. The third-order valence-electron chi connectivity index (χ3n) is 4.39. The summed E-state index contributed by atoms with van der Waals surface area (Å²) >= 11 is 5.81. The van der Waals surface area contributed by atoms with Crippen LogP contribution in [-0.4, -0.2) is 20.9 Å². The van der Waals surface area contributed by atoms with E-state index in [1.807, 2.05) is 32.0 Å². The summed E-state index contributed by atoms with van der Waals surface area (Å²) in [4.78, 5) is 12.2. The first-order valence-corrected chi connectivity index (χ1v) is 11.0. The Morgan fingerprint density at radius 1 is 0.900 bits per heavy atom. The maximum atomic E-state index is 12.5. The Kier molecular flexibility index (Phi) is 6.64. The number of sulfonamides is 1. The SMILES string of the molecule is Cc1ccc(NC(=O)COc2ccc(S(=O)(=O)Nc3ccc(Cl)cc3)cc2)cc1C. The van der Waals surface area contributed by atoms with Crippen LogP contribution in [0.5, 0.6) is 5.75 Å². The molecule has 0 saturated carbocycles. The van der Waals surface area contributed by atoms with Gasteiger partial charge in [-0.05, 0) is 85.6 Å². The summed E-state index contributed by atoms with van der Waals surface area (Å²) in [6.07, 6.45) is 0. The molecule has 0 heterocycles. The van der Waals surface area contributed by atoms with Gasteiger partial charge in [0.1, 0.15) is 5.75 Å². The summed E-state index contributed by atoms with van der Waals surface area (Å²) in [7, 11) is -3.75. The minimum absolute atomic E-state index is 0.0735. The summed E-state index contributed by atoms with van der Waals surface area (Å²) in [5, 5.41) is 3.28. The maximum absolute atomic E-state index is 12.5. The quantitative estimate of drug-likeness (QED) is 0.549. The van der Waals surface area contributed by atoms with Crippen molar-refractivity contribution >= 4 is 38.9 Å². The Hall–Kier alpha value is -3.03. The molecule has 0 aliphatic carbocycles. The number of hydrogen-bond acceptors (Lipinski definition) is 4. The average molecular weight is 445 g/mol. The normalized spacial score (nSPS) is 11.0. The van der Waals surface area contributed by atoms with Crippen LogP contribution >= 0.6 is 11.6 Å². The van der Waals surface area contributed by atoms with Crippen LogP contribution in [0, 0.1) is 13.8 Å². The van der Waals surface area contributed by atoms with E-state index < -0.39 is 10.0 Å². The van der Waals surface area contributed by atoms with Gasteiger partial charge in [0.15, 0.2) is 6.61 Å². The van der Waals surface area contributed by atoms with Crippen molar-refractivity contribution in [2.45, 2.75) is 18.7 Å². The van der Waals surface area contributed by atoms with Crippen LogP contribution in [0.2, 0.25) is 5.02 Å². The van der Waals surface area contributed by atoms with E-state index in [1.165, 1.54) is 24.3 Å². The highest BCUT2D eigenvalue weighted by atomic mass is 35.5. The van der Waals surface area contributed by atoms with Crippen molar-refractivity contribution in [3.8, 4) is 5.75 Å². The molecule has 0 unspecified atom stereocenters. The summed E-state index contributed by atoms with van der Waals surface area (Å²) in [6, 6.07) is 17.8. The molecule has 0 radical (unpaired) electrons. The lowest BCUT2D eigenvalue weighted by atomic mass is 10.1. The molecule has 0 atom stereocenters. The zero-order chi connectivity index (χ0) is 21.7. The van der Waals surface area contributed by atoms with Crippen LogP contribution in [0.4, 0.5) is 11.4 Å². The van der Waals surface area contributed by atoms with E-state index in [9.17, 15) is 13.2 Å². The van der Waals surface area contributed by atoms with E-state index >= 15 is 0 Å². The fourth-order valence-electron chi connectivity index (χ4n) is 2.61. The molecular formula is C22H21ClN2O4S. The number of benzene rings is 3. The van der Waals surface area contributed by atoms with Crippen LogP contribution in [-0.2, 0) is 14.8 Å². The molecule has 0 fully saturated rings. The molecule has 6 nitrogen and oxygen atoms in total. The maximum Gasteiger partial charge on any atom is 0.262 e. The molecule has 156 valence electrons. The van der Waals surface area contributed by atoms with Gasteiger partial charge in [0, 0.05) is 16.4 Å². The van der Waals surface area contributed by atoms with Crippen molar-refractivity contribution < 1.29 is 17.9 Å². The lowest BCUT2D eigenvalue weighted by Crippen LogP contribution is -2.20. The summed E-state index contributed by atoms with van der Waals surface area (Å²) in [5.41, 5.74) is 3.33. The number of hydrogen-bond donors (Lipinski definition) is 2. The fourth-order valence-corrected chi connectivity index (χ4v) is 3.80. The molecule has 0 bridgehead atoms. The second kappa shape index (κ2) is 9.19. The molecule has 2 N–H and O–H groups in total. The number of ether oxygens (including phenoxy) is 1. The zero-order valence-electron chi connectivity index (χ0n) is 16.5. The van der Waals surface area contributed by atoms with E-state index in [-0.39, 0.29) is 17.4 Å². The molecule has 30 heavy (non-hydrogen) atoms. The van der Waals surface area contributed by atoms with Crippen LogP contribution in [0.25, 0.3) is 0 Å². The molecular weight excluding hydrogens is 424 g/mol. The van der Waals surface area contributed by atoms with Gasteiger partial charge in [0.05, 0.1) is 4.90 Å². The number of rotatable bonds is 7. The lowest BCUT2D eigenvalue weighted by Gasteiger charge is -2.11. The second-order valence-corrected chi connectivity index (χ2v) is 8.84. The largest absolute Gasteiger partial charge is 0.484 e. The Labute approximate surface area is 180 Å². The molecule has 1 amide bonds. The number of carbonyl (C=O) groups is 1. The van der Waals surface area contributed by atoms with Crippen molar-refractivity contribution in [3.63, 3.8) is 0 Å². The molecule has 8 heteroatoms. The fraction of sp³-hybridized carbons (Fsp3) is 0.136. The highest BCUT2D eigenvalue weighted by Crippen LogP contribution is 2.21. The van der Waals surface area contributed by atoms with E-state index in [2.05, 4.69) is 10.0 Å². The van der Waals surface area contributed by atoms with Crippen molar-refractivity contribution in [2.75, 3.05) is 16.6 Å². The van der Waals surface area contributed by atoms with E-state index in [4.69, 9.17) is 16.3 Å². The van der Waals surface area contributed by atoms with Gasteiger partial charge < -0.3 is 10.1 Å². The molecule has 0 saturated heterocycles. The smallest absolute Gasteiger partial charge is 0.262 e. The monoisotopic (exact) mass is 444 g/mol. The number of aryl methyl sites for hydroxylation is 2. The predicted molar refractivity (Wildman–Crippen MR) is 119 cm³/mol. The molecule has 3 aromatic carbocycles. The standard InChI is InChI=1S/C22H21ClN2O4S/c1-15-3-6-19(13-16(15)2)24-22(26)14-29-20-9-11-21(12-10-20)30(27,28)25-18-7-4-17(23)5-8-18/h3-13,25H,14H2,1-2H3,(H,24,26). The highest BCUT2D eigenvalue weighted by molar-refractivity contribution is 7.92. The van der Waals surface area contributed by atoms with Crippen LogP contribution in [0.3, 0.4) is 0 Å². The number of halogens is 1. The van der Waals surface area contributed by atoms with Gasteiger partial charge in [-0.15, -0.1) is 0 Å². The summed E-state index contributed by atoms with van der Waals surface area (Å²) in [6.45, 7) is 3.78. The van der Waals surface area contributed by atoms with Gasteiger partial charge in [0.25, 0.3) is 15.9 Å². The van der Waals surface area contributed by atoms with Gasteiger partial charge in [-0.1, -0.05) is 17.7 Å². The van der Waals surface area contributed by atoms with Crippen LogP contribution < -0.4 is 14.8 Å². The Balaban J connectivity index is 1.57. The Bertz CT molecular complexity index is 1140. The van der Waals surface area contributed by atoms with E-state index in [1.54, 1.807) is 24.3 Å². The summed E-state index contributed by atoms with van der Waals surface area (Å²) < 4.78 is 32.9. The first-order valence-electron chi connectivity index (χ1n) is 9.11. The molecule has 3 rings (SSSR count). The molecule has 0 spiro atoms. The number of anilines is 2.